The summed E-state index contributed by atoms with van der Waals surface area (Å²) in [6, 6.07) is 5.82. The van der Waals surface area contributed by atoms with Crippen molar-refractivity contribution in [2.45, 2.75) is 38.0 Å². The zero-order chi connectivity index (χ0) is 15.9. The van der Waals surface area contributed by atoms with E-state index in [1.54, 1.807) is 26.0 Å². The highest BCUT2D eigenvalue weighted by molar-refractivity contribution is 7.99. The van der Waals surface area contributed by atoms with Gasteiger partial charge >= 0.3 is 0 Å². The largest absolute Gasteiger partial charge is 0.497 e. The van der Waals surface area contributed by atoms with Crippen molar-refractivity contribution in [3.63, 3.8) is 0 Å². The molecule has 1 aliphatic heterocycles. The minimum atomic E-state index is 0.0509. The van der Waals surface area contributed by atoms with E-state index in [-0.39, 0.29) is 11.3 Å². The highest BCUT2D eigenvalue weighted by atomic mass is 32.2. The number of unbranched alkanes of at least 4 members (excludes halogenated alkanes) is 2. The Morgan fingerprint density at radius 2 is 2.14 bits per heavy atom. The van der Waals surface area contributed by atoms with Crippen LogP contribution in [0.1, 0.15) is 43.5 Å². The Balaban J connectivity index is 2.14. The Morgan fingerprint density at radius 3 is 2.82 bits per heavy atom. The van der Waals surface area contributed by atoms with E-state index in [1.165, 1.54) is 0 Å². The number of hydrogen-bond acceptors (Lipinski definition) is 4. The van der Waals surface area contributed by atoms with Crippen molar-refractivity contribution in [3.8, 4) is 11.5 Å². The fourth-order valence-electron chi connectivity index (χ4n) is 2.68. The van der Waals surface area contributed by atoms with Gasteiger partial charge in [0, 0.05) is 30.3 Å². The zero-order valence-electron chi connectivity index (χ0n) is 13.6. The Bertz CT molecular complexity index is 507. The first-order valence-corrected chi connectivity index (χ1v) is 8.89. The fraction of sp³-hybridized carbons (Fsp3) is 0.588. The molecule has 0 bridgehead atoms. The molecule has 1 saturated heterocycles. The SMILES string of the molecule is CCCCCC(=O)N1CCS[C@@H]1c1ccc(OC)cc1OC. The molecule has 1 heterocycles. The average molecular weight is 323 g/mol. The van der Waals surface area contributed by atoms with Crippen LogP contribution in [0.3, 0.4) is 0 Å². The third-order valence-electron chi connectivity index (χ3n) is 3.91. The van der Waals surface area contributed by atoms with E-state index in [9.17, 15) is 4.79 Å². The van der Waals surface area contributed by atoms with E-state index < -0.39 is 0 Å². The van der Waals surface area contributed by atoms with Gasteiger partial charge < -0.3 is 14.4 Å². The summed E-state index contributed by atoms with van der Waals surface area (Å²) in [6.45, 7) is 2.97. The monoisotopic (exact) mass is 323 g/mol. The van der Waals surface area contributed by atoms with Crippen LogP contribution in [-0.4, -0.2) is 37.3 Å². The van der Waals surface area contributed by atoms with Crippen molar-refractivity contribution in [2.24, 2.45) is 0 Å². The molecule has 0 radical (unpaired) electrons. The predicted octanol–water partition coefficient (Wildman–Crippen LogP) is 3.86. The molecule has 2 rings (SSSR count). The molecule has 1 fully saturated rings. The first-order valence-electron chi connectivity index (χ1n) is 7.84. The molecule has 1 amide bonds. The lowest BCUT2D eigenvalue weighted by Crippen LogP contribution is -2.30. The van der Waals surface area contributed by atoms with Crippen molar-refractivity contribution in [1.29, 1.82) is 0 Å². The van der Waals surface area contributed by atoms with E-state index in [4.69, 9.17) is 9.47 Å². The molecule has 1 atom stereocenters. The Hall–Kier alpha value is -1.36. The number of rotatable bonds is 7. The number of ether oxygens (including phenoxy) is 2. The van der Waals surface area contributed by atoms with Crippen molar-refractivity contribution in [1.82, 2.24) is 4.90 Å². The first kappa shape index (κ1) is 17.0. The van der Waals surface area contributed by atoms with Crippen LogP contribution in [0.15, 0.2) is 18.2 Å². The number of carbonyl (C=O) groups is 1. The van der Waals surface area contributed by atoms with Crippen LogP contribution in [0.2, 0.25) is 0 Å². The summed E-state index contributed by atoms with van der Waals surface area (Å²) in [6.07, 6.45) is 3.87. The summed E-state index contributed by atoms with van der Waals surface area (Å²) in [4.78, 5) is 14.5. The van der Waals surface area contributed by atoms with Gasteiger partial charge in [0.15, 0.2) is 0 Å². The van der Waals surface area contributed by atoms with Gasteiger partial charge in [0.25, 0.3) is 0 Å². The summed E-state index contributed by atoms with van der Waals surface area (Å²) < 4.78 is 10.7. The minimum Gasteiger partial charge on any atom is -0.497 e. The lowest BCUT2D eigenvalue weighted by atomic mass is 10.1. The smallest absolute Gasteiger partial charge is 0.223 e. The normalized spacial score (nSPS) is 17.6. The van der Waals surface area contributed by atoms with Crippen molar-refractivity contribution in [3.05, 3.63) is 23.8 Å². The molecular weight excluding hydrogens is 298 g/mol. The van der Waals surface area contributed by atoms with E-state index in [0.29, 0.717) is 6.42 Å². The summed E-state index contributed by atoms with van der Waals surface area (Å²) in [5.41, 5.74) is 1.05. The molecule has 1 aromatic carbocycles. The number of carbonyl (C=O) groups excluding carboxylic acids is 1. The average Bonchev–Trinajstić information content (AvgIpc) is 3.03. The third-order valence-corrected chi connectivity index (χ3v) is 5.15. The van der Waals surface area contributed by atoms with Crippen LogP contribution in [-0.2, 0) is 4.79 Å². The van der Waals surface area contributed by atoms with Crippen LogP contribution in [0.4, 0.5) is 0 Å². The maximum absolute atomic E-state index is 12.5. The molecule has 0 spiro atoms. The summed E-state index contributed by atoms with van der Waals surface area (Å²) in [5.74, 6) is 2.77. The van der Waals surface area contributed by atoms with Crippen molar-refractivity contribution >= 4 is 17.7 Å². The van der Waals surface area contributed by atoms with Gasteiger partial charge in [0.1, 0.15) is 16.9 Å². The summed E-state index contributed by atoms with van der Waals surface area (Å²) >= 11 is 1.80. The number of nitrogens with zero attached hydrogens (tertiary/aromatic N) is 1. The second-order valence-corrected chi connectivity index (χ2v) is 6.56. The van der Waals surface area contributed by atoms with Crippen molar-refractivity contribution in [2.75, 3.05) is 26.5 Å². The number of hydrogen-bond donors (Lipinski definition) is 0. The van der Waals surface area contributed by atoms with Crippen LogP contribution >= 0.6 is 11.8 Å². The Kier molecular flexibility index (Phi) is 6.43. The van der Waals surface area contributed by atoms with Crippen LogP contribution in [0.25, 0.3) is 0 Å². The lowest BCUT2D eigenvalue weighted by Gasteiger charge is -2.25. The van der Waals surface area contributed by atoms with E-state index in [2.05, 4.69) is 6.92 Å². The third kappa shape index (κ3) is 3.88. The Labute approximate surface area is 137 Å². The number of methoxy groups -OCH3 is 2. The molecule has 0 saturated carbocycles. The molecule has 0 N–H and O–H groups in total. The Morgan fingerprint density at radius 1 is 1.32 bits per heavy atom. The number of benzene rings is 1. The minimum absolute atomic E-state index is 0.0509. The van der Waals surface area contributed by atoms with Crippen LogP contribution in [0, 0.1) is 0 Å². The van der Waals surface area contributed by atoms with Gasteiger partial charge in [0.2, 0.25) is 5.91 Å². The van der Waals surface area contributed by atoms with Gasteiger partial charge in [-0.3, -0.25) is 4.79 Å². The molecule has 0 aromatic heterocycles. The predicted molar refractivity (Wildman–Crippen MR) is 90.6 cm³/mol. The van der Waals surface area contributed by atoms with Gasteiger partial charge in [-0.15, -0.1) is 11.8 Å². The molecule has 122 valence electrons. The molecule has 1 aliphatic rings. The van der Waals surface area contributed by atoms with Gasteiger partial charge in [-0.1, -0.05) is 19.8 Å². The molecule has 0 unspecified atom stereocenters. The van der Waals surface area contributed by atoms with Crippen LogP contribution < -0.4 is 9.47 Å². The highest BCUT2D eigenvalue weighted by Gasteiger charge is 2.32. The molecule has 22 heavy (non-hydrogen) atoms. The molecule has 4 nitrogen and oxygen atoms in total. The fourth-order valence-corrected chi connectivity index (χ4v) is 3.98. The maximum atomic E-state index is 12.5. The van der Waals surface area contributed by atoms with E-state index in [1.807, 2.05) is 23.1 Å². The maximum Gasteiger partial charge on any atom is 0.223 e. The first-order chi connectivity index (χ1) is 10.7. The van der Waals surface area contributed by atoms with E-state index in [0.717, 1.165) is 48.6 Å². The number of amides is 1. The zero-order valence-corrected chi connectivity index (χ0v) is 14.4. The topological polar surface area (TPSA) is 38.8 Å². The van der Waals surface area contributed by atoms with Gasteiger partial charge in [-0.25, -0.2) is 0 Å². The van der Waals surface area contributed by atoms with Gasteiger partial charge in [0.05, 0.1) is 14.2 Å². The van der Waals surface area contributed by atoms with Crippen molar-refractivity contribution < 1.29 is 14.3 Å². The van der Waals surface area contributed by atoms with Gasteiger partial charge in [-0.05, 0) is 18.6 Å². The summed E-state index contributed by atoms with van der Waals surface area (Å²) in [5, 5.41) is 0.0509. The number of thioether (sulfide) groups is 1. The van der Waals surface area contributed by atoms with E-state index >= 15 is 0 Å². The van der Waals surface area contributed by atoms with Gasteiger partial charge in [-0.2, -0.15) is 0 Å². The standard InChI is InChI=1S/C17H25NO3S/c1-4-5-6-7-16(19)18-10-11-22-17(18)14-9-8-13(20-2)12-15(14)21-3/h8-9,12,17H,4-7,10-11H2,1-3H3/t17-/m1/s1. The molecular formula is C17H25NO3S. The lowest BCUT2D eigenvalue weighted by molar-refractivity contribution is -0.131. The molecule has 0 aliphatic carbocycles. The summed E-state index contributed by atoms with van der Waals surface area (Å²) in [7, 11) is 3.30. The van der Waals surface area contributed by atoms with Crippen LogP contribution in [0.5, 0.6) is 11.5 Å². The molecule has 5 heteroatoms. The highest BCUT2D eigenvalue weighted by Crippen LogP contribution is 2.43. The quantitative estimate of drug-likeness (QED) is 0.714. The molecule has 1 aromatic rings. The second-order valence-electron chi connectivity index (χ2n) is 5.38. The second kappa shape index (κ2) is 8.32.